The normalized spacial score (nSPS) is 18.1. The molecule has 4 rings (SSSR count). The number of aryl methyl sites for hydroxylation is 2. The Hall–Kier alpha value is -3.80. The molecule has 1 atom stereocenters. The molecule has 6 heteroatoms. The molecule has 1 N–H and O–H groups in total. The Balaban J connectivity index is 1.95. The number of ether oxygens (including phenoxy) is 1. The van der Waals surface area contributed by atoms with Gasteiger partial charge in [-0.15, -0.1) is 0 Å². The van der Waals surface area contributed by atoms with Gasteiger partial charge in [0, 0.05) is 11.3 Å². The summed E-state index contributed by atoms with van der Waals surface area (Å²) in [5, 5.41) is 11.1. The van der Waals surface area contributed by atoms with Crippen LogP contribution in [0.4, 0.5) is 5.69 Å². The van der Waals surface area contributed by atoms with Crippen molar-refractivity contribution < 1.29 is 23.8 Å². The number of nitrogens with zero attached hydrogens (tertiary/aromatic N) is 1. The molecule has 2 heterocycles. The van der Waals surface area contributed by atoms with Crippen molar-refractivity contribution in [3.63, 3.8) is 0 Å². The molecule has 1 fully saturated rings. The second-order valence-corrected chi connectivity index (χ2v) is 7.21. The van der Waals surface area contributed by atoms with Gasteiger partial charge in [0.05, 0.1) is 18.9 Å². The number of aliphatic hydroxyl groups is 1. The quantitative estimate of drug-likeness (QED) is 0.393. The van der Waals surface area contributed by atoms with Crippen molar-refractivity contribution in [3.8, 4) is 5.75 Å². The van der Waals surface area contributed by atoms with Crippen LogP contribution in [0.1, 0.15) is 28.5 Å². The molecule has 3 aromatic rings. The van der Waals surface area contributed by atoms with Crippen molar-refractivity contribution in [1.82, 2.24) is 0 Å². The lowest BCUT2D eigenvalue weighted by molar-refractivity contribution is -0.132. The minimum atomic E-state index is -0.883. The largest absolute Gasteiger partial charge is 0.507 e. The summed E-state index contributed by atoms with van der Waals surface area (Å²) in [7, 11) is 1.52. The smallest absolute Gasteiger partial charge is 0.300 e. The molecule has 152 valence electrons. The number of Topliss-reactive ketones (excluding diaryl/α,β-unsaturated/α-hetero) is 1. The zero-order valence-electron chi connectivity index (χ0n) is 16.9. The van der Waals surface area contributed by atoms with Gasteiger partial charge >= 0.3 is 0 Å². The van der Waals surface area contributed by atoms with Crippen LogP contribution in [0, 0.1) is 13.8 Å². The molecule has 0 aliphatic carbocycles. The number of amides is 1. The molecule has 6 nitrogen and oxygen atoms in total. The van der Waals surface area contributed by atoms with E-state index in [0.717, 1.165) is 11.1 Å². The Bertz CT molecular complexity index is 1160. The third-order valence-electron chi connectivity index (χ3n) is 5.22. The summed E-state index contributed by atoms with van der Waals surface area (Å²) in [6, 6.07) is 14.9. The predicted octanol–water partition coefficient (Wildman–Crippen LogP) is 4.53. The van der Waals surface area contributed by atoms with Crippen LogP contribution < -0.4 is 9.64 Å². The highest BCUT2D eigenvalue weighted by Crippen LogP contribution is 2.43. The minimum absolute atomic E-state index is 0.0240. The molecule has 30 heavy (non-hydrogen) atoms. The number of hydrogen-bond donors (Lipinski definition) is 1. The molecule has 1 amide bonds. The van der Waals surface area contributed by atoms with Crippen LogP contribution in [0.2, 0.25) is 0 Å². The van der Waals surface area contributed by atoms with Crippen molar-refractivity contribution >= 4 is 23.1 Å². The molecular formula is C24H21NO5. The van der Waals surface area contributed by atoms with Gasteiger partial charge in [-0.3, -0.25) is 14.5 Å². The summed E-state index contributed by atoms with van der Waals surface area (Å²) in [6.45, 7) is 3.78. The highest BCUT2D eigenvalue weighted by molar-refractivity contribution is 6.51. The number of aliphatic hydroxyl groups excluding tert-OH is 1. The zero-order chi connectivity index (χ0) is 21.4. The van der Waals surface area contributed by atoms with E-state index in [1.54, 1.807) is 36.4 Å². The summed E-state index contributed by atoms with van der Waals surface area (Å²) >= 11 is 0. The fraction of sp³-hybridized carbons (Fsp3) is 0.167. The summed E-state index contributed by atoms with van der Waals surface area (Å²) in [5.41, 5.74) is 2.74. The zero-order valence-corrected chi connectivity index (χ0v) is 16.9. The number of ketones is 1. The minimum Gasteiger partial charge on any atom is -0.507 e. The Morgan fingerprint density at radius 3 is 2.57 bits per heavy atom. The number of anilines is 1. The van der Waals surface area contributed by atoms with Crippen LogP contribution in [0.5, 0.6) is 5.75 Å². The predicted molar refractivity (Wildman–Crippen MR) is 112 cm³/mol. The van der Waals surface area contributed by atoms with Crippen LogP contribution >= 0.6 is 0 Å². The van der Waals surface area contributed by atoms with Crippen LogP contribution in [0.3, 0.4) is 0 Å². The lowest BCUT2D eigenvalue weighted by Gasteiger charge is -2.25. The molecule has 2 aromatic carbocycles. The highest BCUT2D eigenvalue weighted by atomic mass is 16.5. The van der Waals surface area contributed by atoms with Crippen LogP contribution in [0.25, 0.3) is 5.76 Å². The van der Waals surface area contributed by atoms with E-state index >= 15 is 0 Å². The molecule has 1 aliphatic heterocycles. The number of methoxy groups -OCH3 is 1. The Kier molecular flexibility index (Phi) is 4.91. The maximum atomic E-state index is 13.1. The number of benzene rings is 2. The number of hydrogen-bond acceptors (Lipinski definition) is 5. The third-order valence-corrected chi connectivity index (χ3v) is 5.22. The molecule has 1 saturated heterocycles. The highest BCUT2D eigenvalue weighted by Gasteiger charge is 2.48. The maximum Gasteiger partial charge on any atom is 0.300 e. The van der Waals surface area contributed by atoms with Crippen molar-refractivity contribution in [1.29, 1.82) is 0 Å². The van der Waals surface area contributed by atoms with Gasteiger partial charge in [-0.1, -0.05) is 24.3 Å². The molecule has 0 saturated carbocycles. The average Bonchev–Trinajstić information content (AvgIpc) is 3.37. The monoisotopic (exact) mass is 403 g/mol. The van der Waals surface area contributed by atoms with E-state index < -0.39 is 17.7 Å². The van der Waals surface area contributed by atoms with E-state index in [2.05, 4.69) is 0 Å². The average molecular weight is 403 g/mol. The first kappa shape index (κ1) is 19.5. The van der Waals surface area contributed by atoms with Crippen LogP contribution in [-0.4, -0.2) is 23.9 Å². The molecule has 0 bridgehead atoms. The lowest BCUT2D eigenvalue weighted by atomic mass is 9.98. The van der Waals surface area contributed by atoms with Gasteiger partial charge in [0.1, 0.15) is 23.3 Å². The molecular weight excluding hydrogens is 382 g/mol. The Morgan fingerprint density at radius 1 is 1.07 bits per heavy atom. The Morgan fingerprint density at radius 2 is 1.87 bits per heavy atom. The number of carbonyl (C=O) groups is 2. The van der Waals surface area contributed by atoms with Gasteiger partial charge in [-0.25, -0.2) is 0 Å². The standard InChI is InChI=1S/C24H21NO5/c1-14-9-10-15(2)18(12-14)25-21(19-8-5-11-30-19)20(23(27)24(25)28)22(26)16-6-4-7-17(13-16)29-3/h4-13,21,26H,1-3H3/b22-20-. The van der Waals surface area contributed by atoms with E-state index in [-0.39, 0.29) is 11.3 Å². The number of rotatable bonds is 4. The lowest BCUT2D eigenvalue weighted by Crippen LogP contribution is -2.30. The number of furan rings is 1. The van der Waals surface area contributed by atoms with Gasteiger partial charge in [-0.05, 0) is 55.3 Å². The molecule has 0 spiro atoms. The second kappa shape index (κ2) is 7.55. The van der Waals surface area contributed by atoms with Crippen molar-refractivity contribution in [2.45, 2.75) is 19.9 Å². The molecule has 1 unspecified atom stereocenters. The fourth-order valence-electron chi connectivity index (χ4n) is 3.70. The number of carbonyl (C=O) groups excluding carboxylic acids is 2. The van der Waals surface area contributed by atoms with E-state index in [9.17, 15) is 14.7 Å². The summed E-state index contributed by atoms with van der Waals surface area (Å²) in [5.74, 6) is -0.842. The summed E-state index contributed by atoms with van der Waals surface area (Å²) < 4.78 is 10.8. The first-order chi connectivity index (χ1) is 14.4. The maximum absolute atomic E-state index is 13.1. The van der Waals surface area contributed by atoms with E-state index in [4.69, 9.17) is 9.15 Å². The first-order valence-electron chi connectivity index (χ1n) is 9.48. The topological polar surface area (TPSA) is 80.0 Å². The summed E-state index contributed by atoms with van der Waals surface area (Å²) in [4.78, 5) is 27.6. The fourth-order valence-corrected chi connectivity index (χ4v) is 3.70. The van der Waals surface area contributed by atoms with Crippen LogP contribution in [-0.2, 0) is 9.59 Å². The van der Waals surface area contributed by atoms with Crippen LogP contribution in [0.15, 0.2) is 70.9 Å². The first-order valence-corrected chi connectivity index (χ1v) is 9.48. The van der Waals surface area contributed by atoms with Gasteiger partial charge < -0.3 is 14.3 Å². The molecule has 0 radical (unpaired) electrons. The van der Waals surface area contributed by atoms with E-state index in [1.165, 1.54) is 18.3 Å². The van der Waals surface area contributed by atoms with Gasteiger partial charge in [0.25, 0.3) is 11.7 Å². The van der Waals surface area contributed by atoms with Gasteiger partial charge in [-0.2, -0.15) is 0 Å². The van der Waals surface area contributed by atoms with E-state index in [1.807, 2.05) is 32.0 Å². The Labute approximate surface area is 174 Å². The molecule has 1 aliphatic rings. The van der Waals surface area contributed by atoms with Gasteiger partial charge in [0.2, 0.25) is 0 Å². The van der Waals surface area contributed by atoms with Crippen molar-refractivity contribution in [2.75, 3.05) is 12.0 Å². The van der Waals surface area contributed by atoms with E-state index in [0.29, 0.717) is 22.8 Å². The summed E-state index contributed by atoms with van der Waals surface area (Å²) in [6.07, 6.45) is 1.48. The second-order valence-electron chi connectivity index (χ2n) is 7.21. The van der Waals surface area contributed by atoms with Crippen molar-refractivity contribution in [2.24, 2.45) is 0 Å². The van der Waals surface area contributed by atoms with Gasteiger partial charge in [0.15, 0.2) is 0 Å². The third kappa shape index (κ3) is 3.16. The van der Waals surface area contributed by atoms with Crippen molar-refractivity contribution in [3.05, 3.63) is 88.9 Å². The molecule has 1 aromatic heterocycles. The SMILES string of the molecule is COc1cccc(/C(O)=C2/C(=O)C(=O)N(c3cc(C)ccc3C)C2c2ccco2)c1.